The van der Waals surface area contributed by atoms with Crippen LogP contribution in [0.3, 0.4) is 0 Å². The summed E-state index contributed by atoms with van der Waals surface area (Å²) in [5, 5.41) is 10.9. The number of aryl methyl sites for hydroxylation is 1. The van der Waals surface area contributed by atoms with E-state index in [1.807, 2.05) is 25.1 Å². The van der Waals surface area contributed by atoms with Crippen molar-refractivity contribution in [3.63, 3.8) is 0 Å². The maximum atomic E-state index is 12.9. The van der Waals surface area contributed by atoms with E-state index in [-0.39, 0.29) is 18.2 Å². The van der Waals surface area contributed by atoms with E-state index in [1.165, 1.54) is 21.3 Å². The Balaban J connectivity index is 1.60. The molecule has 0 aliphatic carbocycles. The number of hydrogen-bond acceptors (Lipinski definition) is 6. The van der Waals surface area contributed by atoms with E-state index in [0.717, 1.165) is 16.8 Å². The van der Waals surface area contributed by atoms with Crippen LogP contribution in [-0.4, -0.2) is 42.9 Å². The molecule has 4 rings (SSSR count). The van der Waals surface area contributed by atoms with Gasteiger partial charge in [0, 0.05) is 28.4 Å². The Kier molecular flexibility index (Phi) is 6.65. The van der Waals surface area contributed by atoms with Gasteiger partial charge < -0.3 is 24.8 Å². The number of nitrogens with one attached hydrogen (secondary N) is 2. The number of halogens is 1. The third-order valence-electron chi connectivity index (χ3n) is 5.60. The average Bonchev–Trinajstić information content (AvgIpc) is 3.33. The number of aromatic nitrogens is 2. The number of benzene rings is 2. The fourth-order valence-electron chi connectivity index (χ4n) is 4.05. The minimum atomic E-state index is -0.782. The molecule has 0 radical (unpaired) electrons. The Morgan fingerprint density at radius 2 is 1.85 bits per heavy atom. The Labute approximate surface area is 201 Å². The highest BCUT2D eigenvalue weighted by Crippen LogP contribution is 2.41. The first-order chi connectivity index (χ1) is 16.4. The Morgan fingerprint density at radius 1 is 1.15 bits per heavy atom. The number of hydrogen-bond donors (Lipinski definition) is 2. The Hall–Kier alpha value is -3.72. The van der Waals surface area contributed by atoms with Crippen LogP contribution < -0.4 is 24.8 Å². The predicted molar refractivity (Wildman–Crippen MR) is 129 cm³/mol. The lowest BCUT2D eigenvalue weighted by atomic mass is 10.0. The summed E-state index contributed by atoms with van der Waals surface area (Å²) < 4.78 is 17.6. The maximum Gasteiger partial charge on any atom is 0.251 e. The van der Waals surface area contributed by atoms with Crippen LogP contribution in [0.15, 0.2) is 36.4 Å². The van der Waals surface area contributed by atoms with Crippen molar-refractivity contribution in [2.45, 2.75) is 25.8 Å². The number of carbonyl (C=O) groups excluding carboxylic acids is 2. The van der Waals surface area contributed by atoms with Gasteiger partial charge >= 0.3 is 0 Å². The number of rotatable bonds is 8. The van der Waals surface area contributed by atoms with E-state index in [2.05, 4.69) is 15.7 Å². The Bertz CT molecular complexity index is 1230. The van der Waals surface area contributed by atoms with Crippen molar-refractivity contribution in [3.05, 3.63) is 47.1 Å². The summed E-state index contributed by atoms with van der Waals surface area (Å²) in [5.74, 6) is 1.14. The second-order valence-electron chi connectivity index (χ2n) is 7.65. The van der Waals surface area contributed by atoms with E-state index in [1.54, 1.807) is 22.9 Å². The molecule has 1 unspecified atom stereocenters. The molecule has 178 valence electrons. The molecule has 1 aromatic heterocycles. The van der Waals surface area contributed by atoms with Crippen LogP contribution in [0.1, 0.15) is 25.1 Å². The van der Waals surface area contributed by atoms with Gasteiger partial charge in [-0.3, -0.25) is 9.59 Å². The highest BCUT2D eigenvalue weighted by atomic mass is 35.5. The number of ether oxygens (including phenoxy) is 3. The minimum absolute atomic E-state index is 0.102. The van der Waals surface area contributed by atoms with Gasteiger partial charge in [0.2, 0.25) is 11.7 Å². The van der Waals surface area contributed by atoms with Gasteiger partial charge in [0.05, 0.1) is 33.4 Å². The normalized spacial score (nSPS) is 14.4. The number of methoxy groups -OCH3 is 3. The van der Waals surface area contributed by atoms with Crippen LogP contribution in [0, 0.1) is 0 Å². The summed E-state index contributed by atoms with van der Waals surface area (Å²) >= 11 is 6.18. The van der Waals surface area contributed by atoms with Crippen LogP contribution in [0.2, 0.25) is 5.02 Å². The smallest absolute Gasteiger partial charge is 0.251 e. The molecule has 3 aromatic rings. The van der Waals surface area contributed by atoms with Crippen molar-refractivity contribution >= 4 is 34.9 Å². The number of nitrogens with zero attached hydrogens (tertiary/aromatic N) is 2. The molecule has 2 amide bonds. The van der Waals surface area contributed by atoms with Crippen LogP contribution in [0.25, 0.3) is 11.1 Å². The highest BCUT2D eigenvalue weighted by molar-refractivity contribution is 6.30. The highest BCUT2D eigenvalue weighted by Gasteiger charge is 2.36. The van der Waals surface area contributed by atoms with Crippen LogP contribution in [0.5, 0.6) is 17.2 Å². The van der Waals surface area contributed by atoms with Crippen molar-refractivity contribution in [2.75, 3.05) is 32.0 Å². The predicted octanol–water partition coefficient (Wildman–Crippen LogP) is 4.31. The molecule has 2 N–H and O–H groups in total. The van der Waals surface area contributed by atoms with E-state index in [9.17, 15) is 9.59 Å². The molecule has 1 aliphatic heterocycles. The number of amides is 2. The number of carbonyl (C=O) groups is 2. The van der Waals surface area contributed by atoms with Crippen LogP contribution in [-0.2, 0) is 16.0 Å². The third kappa shape index (κ3) is 4.26. The standard InChI is InChI=1S/C24H25ClN4O5/c1-5-16-21(13-7-6-8-14(25)9-13)23-27-24(31)17(29(23)28-16)12-20(30)26-15-10-18(32-2)22(34-4)19(11-15)33-3/h6-11,17H,5,12H2,1-4H3,(H,26,30)(H,27,31). The van der Waals surface area contributed by atoms with Crippen molar-refractivity contribution in [3.8, 4) is 28.4 Å². The first-order valence-electron chi connectivity index (χ1n) is 10.7. The van der Waals surface area contributed by atoms with Crippen molar-refractivity contribution in [1.29, 1.82) is 0 Å². The molecule has 0 saturated heterocycles. The van der Waals surface area contributed by atoms with Gasteiger partial charge in [0.1, 0.15) is 11.9 Å². The van der Waals surface area contributed by atoms with Crippen LogP contribution >= 0.6 is 11.6 Å². The topological polar surface area (TPSA) is 104 Å². The van der Waals surface area contributed by atoms with E-state index in [4.69, 9.17) is 25.8 Å². The third-order valence-corrected chi connectivity index (χ3v) is 5.83. The van der Waals surface area contributed by atoms with Gasteiger partial charge in [-0.15, -0.1) is 0 Å². The summed E-state index contributed by atoms with van der Waals surface area (Å²) in [5.41, 5.74) is 2.93. The lowest BCUT2D eigenvalue weighted by Gasteiger charge is -2.15. The molecule has 0 bridgehead atoms. The molecule has 2 heterocycles. The van der Waals surface area contributed by atoms with Gasteiger partial charge in [0.15, 0.2) is 11.5 Å². The van der Waals surface area contributed by atoms with E-state index >= 15 is 0 Å². The molecule has 34 heavy (non-hydrogen) atoms. The number of anilines is 2. The minimum Gasteiger partial charge on any atom is -0.493 e. The number of fused-ring (bicyclic) bond motifs is 1. The molecule has 9 nitrogen and oxygen atoms in total. The second-order valence-corrected chi connectivity index (χ2v) is 8.09. The van der Waals surface area contributed by atoms with Crippen LogP contribution in [0.4, 0.5) is 11.5 Å². The summed E-state index contributed by atoms with van der Waals surface area (Å²) in [4.78, 5) is 25.7. The fourth-order valence-corrected chi connectivity index (χ4v) is 4.24. The van der Waals surface area contributed by atoms with Gasteiger partial charge in [0.25, 0.3) is 5.91 Å². The fraction of sp³-hybridized carbons (Fsp3) is 0.292. The molecule has 0 fully saturated rings. The summed E-state index contributed by atoms with van der Waals surface area (Å²) in [6, 6.07) is 9.85. The molecule has 1 atom stereocenters. The van der Waals surface area contributed by atoms with E-state index in [0.29, 0.717) is 40.2 Å². The zero-order valence-electron chi connectivity index (χ0n) is 19.3. The second kappa shape index (κ2) is 9.64. The van der Waals surface area contributed by atoms with Gasteiger partial charge in [-0.25, -0.2) is 4.68 Å². The lowest BCUT2D eigenvalue weighted by molar-refractivity contribution is -0.123. The molecule has 2 aromatic carbocycles. The zero-order valence-corrected chi connectivity index (χ0v) is 20.0. The lowest BCUT2D eigenvalue weighted by Crippen LogP contribution is -2.24. The molecule has 10 heteroatoms. The van der Waals surface area contributed by atoms with Crippen molar-refractivity contribution in [2.24, 2.45) is 0 Å². The summed E-state index contributed by atoms with van der Waals surface area (Å²) in [6.45, 7) is 1.99. The van der Waals surface area contributed by atoms with Crippen molar-refractivity contribution < 1.29 is 23.8 Å². The molecular formula is C24H25ClN4O5. The first-order valence-corrected chi connectivity index (χ1v) is 11.1. The SMILES string of the molecule is CCc1nn2c(c1-c1cccc(Cl)c1)NC(=O)C2CC(=O)Nc1cc(OC)c(OC)c(OC)c1. The quantitative estimate of drug-likeness (QED) is 0.493. The van der Waals surface area contributed by atoms with E-state index < -0.39 is 6.04 Å². The van der Waals surface area contributed by atoms with Crippen molar-refractivity contribution in [1.82, 2.24) is 9.78 Å². The molecule has 1 aliphatic rings. The van der Waals surface area contributed by atoms with Gasteiger partial charge in [-0.2, -0.15) is 5.10 Å². The maximum absolute atomic E-state index is 12.9. The van der Waals surface area contributed by atoms with Gasteiger partial charge in [-0.1, -0.05) is 30.7 Å². The molecule has 0 saturated carbocycles. The summed E-state index contributed by atoms with van der Waals surface area (Å²) in [6.07, 6.45) is 0.553. The van der Waals surface area contributed by atoms with Gasteiger partial charge in [-0.05, 0) is 24.1 Å². The Morgan fingerprint density at radius 3 is 2.44 bits per heavy atom. The molecular weight excluding hydrogens is 460 g/mol. The zero-order chi connectivity index (χ0) is 24.4. The molecule has 0 spiro atoms. The largest absolute Gasteiger partial charge is 0.493 e. The first kappa shape index (κ1) is 23.4. The average molecular weight is 485 g/mol. The summed E-state index contributed by atoms with van der Waals surface area (Å²) in [7, 11) is 4.49. The monoisotopic (exact) mass is 484 g/mol.